The van der Waals surface area contributed by atoms with Crippen molar-refractivity contribution in [1.82, 2.24) is 5.27 Å². The highest BCUT2D eigenvalue weighted by Crippen LogP contribution is 2.29. The number of amides is 1. The fourth-order valence-electron chi connectivity index (χ4n) is 2.92. The summed E-state index contributed by atoms with van der Waals surface area (Å²) in [5.74, 6) is 1.18. The van der Waals surface area contributed by atoms with Crippen molar-refractivity contribution in [3.8, 4) is 28.9 Å². The van der Waals surface area contributed by atoms with E-state index in [1.165, 1.54) is 4.68 Å². The van der Waals surface area contributed by atoms with Crippen LogP contribution in [0, 0.1) is 0 Å². The second kappa shape index (κ2) is 10.1. The van der Waals surface area contributed by atoms with Crippen LogP contribution in [0.5, 0.6) is 23.2 Å². The molecule has 0 saturated carbocycles. The Hall–Kier alpha value is -3.98. The van der Waals surface area contributed by atoms with Gasteiger partial charge in [-0.15, -0.1) is 0 Å². The molecule has 3 aromatic carbocycles. The predicted molar refractivity (Wildman–Crippen MR) is 121 cm³/mol. The van der Waals surface area contributed by atoms with Crippen molar-refractivity contribution in [3.05, 3.63) is 78.9 Å². The molecule has 0 aliphatic carbocycles. The van der Waals surface area contributed by atoms with Gasteiger partial charge in [0.2, 0.25) is 11.6 Å². The molecule has 1 N–H and O–H groups in total. The van der Waals surface area contributed by atoms with Crippen LogP contribution >= 0.6 is 11.8 Å². The van der Waals surface area contributed by atoms with Crippen molar-refractivity contribution in [2.24, 2.45) is 0 Å². The maximum absolute atomic E-state index is 12.7. The van der Waals surface area contributed by atoms with Crippen LogP contribution in [0.2, 0.25) is 0 Å². The summed E-state index contributed by atoms with van der Waals surface area (Å²) in [5, 5.41) is 18.5. The summed E-state index contributed by atoms with van der Waals surface area (Å²) >= 11 is 1.07. The highest BCUT2D eigenvalue weighted by Gasteiger charge is 2.26. The third-order valence-electron chi connectivity index (χ3n) is 4.65. The van der Waals surface area contributed by atoms with E-state index in [0.29, 0.717) is 22.9 Å². The lowest BCUT2D eigenvalue weighted by molar-refractivity contribution is -0.705. The summed E-state index contributed by atoms with van der Waals surface area (Å²) in [4.78, 5) is 12.7. The maximum atomic E-state index is 12.7. The number of nitrogens with one attached hydrogen (secondary N) is 1. The van der Waals surface area contributed by atoms with Crippen LogP contribution in [0.15, 0.2) is 88.4 Å². The molecule has 1 unspecified atom stereocenters. The molecular weight excluding hydrogens is 442 g/mol. The first-order valence-corrected chi connectivity index (χ1v) is 11.0. The lowest BCUT2D eigenvalue weighted by Gasteiger charge is -2.11. The Morgan fingerprint density at radius 3 is 2.30 bits per heavy atom. The number of aromatic nitrogens is 2. The molecule has 0 fully saturated rings. The summed E-state index contributed by atoms with van der Waals surface area (Å²) in [6.07, 6.45) is 0. The van der Waals surface area contributed by atoms with Crippen LogP contribution in [-0.2, 0) is 4.79 Å². The number of ether oxygens (including phenoxy) is 2. The highest BCUT2D eigenvalue weighted by molar-refractivity contribution is 8.00. The van der Waals surface area contributed by atoms with Gasteiger partial charge in [-0.1, -0.05) is 18.2 Å². The number of benzene rings is 3. The Labute approximate surface area is 194 Å². The lowest BCUT2D eigenvalue weighted by Crippen LogP contribution is -2.36. The maximum Gasteiger partial charge on any atom is 0.298 e. The van der Waals surface area contributed by atoms with Crippen LogP contribution < -0.4 is 24.6 Å². The number of anilines is 1. The van der Waals surface area contributed by atoms with Crippen molar-refractivity contribution < 1.29 is 28.6 Å². The van der Waals surface area contributed by atoms with Crippen molar-refractivity contribution in [2.75, 3.05) is 12.4 Å². The van der Waals surface area contributed by atoms with E-state index >= 15 is 0 Å². The minimum absolute atomic E-state index is 0.203. The molecule has 0 bridgehead atoms. The van der Waals surface area contributed by atoms with Crippen molar-refractivity contribution in [2.45, 2.75) is 17.2 Å². The number of hydrogen-bond acceptors (Lipinski definition) is 7. The van der Waals surface area contributed by atoms with E-state index < -0.39 is 11.2 Å². The summed E-state index contributed by atoms with van der Waals surface area (Å²) in [6.45, 7) is 1.71. The zero-order valence-electron chi connectivity index (χ0n) is 17.9. The van der Waals surface area contributed by atoms with E-state index in [9.17, 15) is 9.90 Å². The van der Waals surface area contributed by atoms with Crippen molar-refractivity contribution >= 4 is 23.4 Å². The Morgan fingerprint density at radius 1 is 1.00 bits per heavy atom. The molecule has 8 nitrogen and oxygen atoms in total. The third kappa shape index (κ3) is 5.45. The van der Waals surface area contributed by atoms with Gasteiger partial charge in [0.05, 0.1) is 17.6 Å². The van der Waals surface area contributed by atoms with Gasteiger partial charge in [-0.25, -0.2) is 0 Å². The molecule has 0 aliphatic rings. The summed E-state index contributed by atoms with van der Waals surface area (Å²) in [7, 11) is 1.57. The van der Waals surface area contributed by atoms with E-state index in [1.54, 1.807) is 62.6 Å². The lowest BCUT2D eigenvalue weighted by atomic mass is 10.3. The Balaban J connectivity index is 1.40. The zero-order valence-corrected chi connectivity index (χ0v) is 18.7. The second-order valence-corrected chi connectivity index (χ2v) is 8.29. The number of para-hydroxylation sites is 1. The third-order valence-corrected chi connectivity index (χ3v) is 5.78. The smallest absolute Gasteiger partial charge is 0.298 e. The molecule has 1 aromatic heterocycles. The number of hydrogen-bond donors (Lipinski definition) is 1. The number of methoxy groups -OCH3 is 1. The minimum Gasteiger partial charge on any atom is -0.538 e. The number of carbonyl (C=O) groups is 1. The molecule has 9 heteroatoms. The van der Waals surface area contributed by atoms with Crippen LogP contribution in [0.4, 0.5) is 5.69 Å². The fourth-order valence-corrected chi connectivity index (χ4v) is 3.80. The Morgan fingerprint density at radius 2 is 1.64 bits per heavy atom. The van der Waals surface area contributed by atoms with Crippen molar-refractivity contribution in [3.63, 3.8) is 0 Å². The molecule has 0 radical (unpaired) electrons. The molecule has 0 spiro atoms. The van der Waals surface area contributed by atoms with Gasteiger partial charge >= 0.3 is 0 Å². The largest absolute Gasteiger partial charge is 0.538 e. The Bertz CT molecular complexity index is 1210. The summed E-state index contributed by atoms with van der Waals surface area (Å²) < 4.78 is 17.1. The van der Waals surface area contributed by atoms with Gasteiger partial charge in [-0.2, -0.15) is 0 Å². The minimum atomic E-state index is -0.613. The summed E-state index contributed by atoms with van der Waals surface area (Å²) in [5.41, 5.74) is 1.23. The van der Waals surface area contributed by atoms with Gasteiger partial charge < -0.3 is 24.4 Å². The standard InChI is InChI=1S/C24H21N3O5S/c1-16(33-23-24(29)32-26-27(23)18-10-14-19(30-2)15-11-18)22(28)25-17-8-12-21(13-9-17)31-20-6-4-3-5-7-20/h3-16H,1-2H3,(H-,25,26,28,29). The molecule has 4 rings (SSSR count). The van der Waals surface area contributed by atoms with Gasteiger partial charge in [-0.05, 0) is 71.9 Å². The monoisotopic (exact) mass is 463 g/mol. The zero-order chi connectivity index (χ0) is 23.2. The van der Waals surface area contributed by atoms with E-state index in [1.807, 2.05) is 30.3 Å². The normalized spacial score (nSPS) is 11.6. The molecule has 168 valence electrons. The van der Waals surface area contributed by atoms with Gasteiger partial charge in [0.1, 0.15) is 17.2 Å². The Kier molecular flexibility index (Phi) is 6.80. The van der Waals surface area contributed by atoms with E-state index in [2.05, 4.69) is 10.6 Å². The predicted octanol–water partition coefficient (Wildman–Crippen LogP) is 3.95. The van der Waals surface area contributed by atoms with E-state index in [4.69, 9.17) is 14.0 Å². The molecule has 0 saturated heterocycles. The molecular formula is C24H21N3O5S. The van der Waals surface area contributed by atoms with Gasteiger partial charge in [0.15, 0.2) is 5.95 Å². The molecule has 1 atom stereocenters. The number of carbonyl (C=O) groups excluding carboxylic acids is 1. The van der Waals surface area contributed by atoms with Crippen LogP contribution in [-0.4, -0.2) is 23.5 Å². The second-order valence-electron chi connectivity index (χ2n) is 6.96. The molecule has 33 heavy (non-hydrogen) atoms. The van der Waals surface area contributed by atoms with E-state index in [-0.39, 0.29) is 10.9 Å². The van der Waals surface area contributed by atoms with Gasteiger partial charge in [0.25, 0.3) is 5.03 Å². The average molecular weight is 464 g/mol. The first kappa shape index (κ1) is 22.2. The van der Waals surface area contributed by atoms with Crippen LogP contribution in [0.1, 0.15) is 6.92 Å². The fraction of sp³-hybridized carbons (Fsp3) is 0.125. The molecule has 0 aliphatic heterocycles. The molecule has 4 aromatic rings. The molecule has 1 heterocycles. The molecule has 1 amide bonds. The van der Waals surface area contributed by atoms with Crippen molar-refractivity contribution in [1.29, 1.82) is 0 Å². The number of nitrogens with zero attached hydrogens (tertiary/aromatic N) is 2. The summed E-state index contributed by atoms with van der Waals surface area (Å²) in [6, 6.07) is 23.5. The average Bonchev–Trinajstić information content (AvgIpc) is 3.21. The number of rotatable bonds is 8. The topological polar surface area (TPSA) is 101 Å². The van der Waals surface area contributed by atoms with Gasteiger partial charge in [0, 0.05) is 17.8 Å². The van der Waals surface area contributed by atoms with Gasteiger partial charge in [-0.3, -0.25) is 4.79 Å². The van der Waals surface area contributed by atoms with E-state index in [0.717, 1.165) is 17.5 Å². The quantitative estimate of drug-likeness (QED) is 0.312. The van der Waals surface area contributed by atoms with Crippen LogP contribution in [0.25, 0.3) is 5.69 Å². The highest BCUT2D eigenvalue weighted by atomic mass is 32.2. The van der Waals surface area contributed by atoms with Crippen LogP contribution in [0.3, 0.4) is 0 Å². The SMILES string of the molecule is COc1ccc(-[n+]2noc([O-])c2SC(C)C(=O)Nc2ccc(Oc3ccccc3)cc2)cc1. The number of thioether (sulfide) groups is 1. The first-order chi connectivity index (χ1) is 16.0. The first-order valence-electron chi connectivity index (χ1n) is 10.1.